The predicted molar refractivity (Wildman–Crippen MR) is 263 cm³/mol. The van der Waals surface area contributed by atoms with Crippen molar-refractivity contribution in [2.45, 2.75) is 187 Å². The van der Waals surface area contributed by atoms with Crippen molar-refractivity contribution >= 4 is 33.8 Å². The molecule has 2 fully saturated rings. The van der Waals surface area contributed by atoms with Crippen LogP contribution < -0.4 is 0 Å². The van der Waals surface area contributed by atoms with Gasteiger partial charge < -0.3 is 73.6 Å². The summed E-state index contributed by atoms with van der Waals surface area (Å²) in [7, 11) is 1.29. The van der Waals surface area contributed by atoms with E-state index in [1.165, 1.54) is 33.1 Å². The molecule has 19 heteroatoms. The first-order chi connectivity index (χ1) is 33.3. The lowest BCUT2D eigenvalue weighted by Crippen LogP contribution is -2.64. The highest BCUT2D eigenvalue weighted by Gasteiger charge is 2.53. The van der Waals surface area contributed by atoms with Gasteiger partial charge in [0.1, 0.15) is 57.7 Å². The predicted octanol–water partition coefficient (Wildman–Crippen LogP) is 5.69. The van der Waals surface area contributed by atoms with Gasteiger partial charge in [-0.1, -0.05) is 63.6 Å². The summed E-state index contributed by atoms with van der Waals surface area (Å²) < 4.78 is 47.5. The number of aromatic hydroxyl groups is 2. The summed E-state index contributed by atoms with van der Waals surface area (Å²) in [6, 6.07) is 1.32. The van der Waals surface area contributed by atoms with Crippen LogP contribution in [0.4, 0.5) is 0 Å². The normalized spacial score (nSPS) is 35.1. The van der Waals surface area contributed by atoms with Crippen LogP contribution in [-0.4, -0.2) is 153 Å². The summed E-state index contributed by atoms with van der Waals surface area (Å²) in [5, 5.41) is 77.2. The number of allylic oxidation sites excluding steroid dienone is 4. The van der Waals surface area contributed by atoms with Crippen molar-refractivity contribution in [3.8, 4) is 11.5 Å². The van der Waals surface area contributed by atoms with E-state index in [9.17, 15) is 50.1 Å². The molecule has 2 saturated heterocycles. The summed E-state index contributed by atoms with van der Waals surface area (Å²) in [6.07, 6.45) is -4.84. The van der Waals surface area contributed by atoms with Gasteiger partial charge in [-0.05, 0) is 113 Å². The molecule has 14 atom stereocenters. The van der Waals surface area contributed by atoms with Crippen molar-refractivity contribution in [1.29, 1.82) is 0 Å². The SMILES string of the molecule is CCc1cc(O)c(Br)c(O)c1C(=O)O[C@@H]1[C@@H](O)[C@@H](OC)C(OC/C2=C\C=C\CC(O)/C(C)=C/C(CC)C(OC3OC(C)(C)[C@@H](OC(=O)C(C)C)[C@H](O)[C@@H]3O)/C(C)=C/C(C)=C/CC(C(C)O)OC2=O)O[C@H]1C. The van der Waals surface area contributed by atoms with Gasteiger partial charge in [-0.15, -0.1) is 0 Å². The van der Waals surface area contributed by atoms with Crippen LogP contribution in [0.15, 0.2) is 69.3 Å². The van der Waals surface area contributed by atoms with E-state index < -0.39 is 122 Å². The topological polar surface area (TPSA) is 267 Å². The maximum atomic E-state index is 13.9. The summed E-state index contributed by atoms with van der Waals surface area (Å²) in [5.74, 6) is -4.05. The number of benzene rings is 1. The lowest BCUT2D eigenvalue weighted by molar-refractivity contribution is -0.333. The number of methoxy groups -OCH3 is 1. The Morgan fingerprint density at radius 3 is 2.23 bits per heavy atom. The molecule has 1 aromatic carbocycles. The number of hydrogen-bond donors (Lipinski definition) is 7. The molecule has 4 rings (SSSR count). The van der Waals surface area contributed by atoms with Crippen molar-refractivity contribution in [2.24, 2.45) is 11.8 Å². The van der Waals surface area contributed by atoms with Gasteiger partial charge in [-0.25, -0.2) is 9.59 Å². The molecule has 0 radical (unpaired) electrons. The molecule has 398 valence electrons. The zero-order valence-electron chi connectivity index (χ0n) is 42.7. The number of phenols is 2. The molecule has 0 amide bonds. The Balaban J connectivity index is 1.60. The first-order valence-corrected chi connectivity index (χ1v) is 24.9. The number of aliphatic hydroxyl groups excluding tert-OH is 5. The Morgan fingerprint density at radius 2 is 1.62 bits per heavy atom. The number of aryl methyl sites for hydroxylation is 1. The highest BCUT2D eigenvalue weighted by Crippen LogP contribution is 2.40. The molecule has 1 aromatic rings. The molecule has 7 unspecified atom stereocenters. The Hall–Kier alpha value is -3.99. The lowest BCUT2D eigenvalue weighted by Gasteiger charge is -2.47. The van der Waals surface area contributed by atoms with E-state index >= 15 is 0 Å². The van der Waals surface area contributed by atoms with E-state index in [2.05, 4.69) is 15.9 Å². The van der Waals surface area contributed by atoms with Crippen LogP contribution in [-0.2, 0) is 53.9 Å². The van der Waals surface area contributed by atoms with E-state index in [1.807, 2.05) is 32.9 Å². The quantitative estimate of drug-likeness (QED) is 0.0711. The van der Waals surface area contributed by atoms with E-state index in [-0.39, 0.29) is 46.5 Å². The Morgan fingerprint density at radius 1 is 0.944 bits per heavy atom. The first kappa shape index (κ1) is 59.6. The fourth-order valence-corrected chi connectivity index (χ4v) is 8.84. The average Bonchev–Trinajstić information content (AvgIpc) is 3.30. The van der Waals surface area contributed by atoms with Crippen LogP contribution >= 0.6 is 15.9 Å². The number of carbonyl (C=O) groups is 3. The molecule has 3 heterocycles. The number of carbonyl (C=O) groups excluding carboxylic acids is 3. The monoisotopic (exact) mass is 1070 g/mol. The third kappa shape index (κ3) is 15.1. The molecule has 0 spiro atoms. The molecule has 3 aliphatic heterocycles. The summed E-state index contributed by atoms with van der Waals surface area (Å²) in [6.45, 7) is 18.3. The molecule has 0 aliphatic carbocycles. The summed E-state index contributed by atoms with van der Waals surface area (Å²) in [5.41, 5.74) is 0.815. The molecule has 7 N–H and O–H groups in total. The minimum Gasteiger partial charge on any atom is -0.507 e. The van der Waals surface area contributed by atoms with Crippen LogP contribution in [0.3, 0.4) is 0 Å². The zero-order valence-corrected chi connectivity index (χ0v) is 44.3. The van der Waals surface area contributed by atoms with Crippen molar-refractivity contribution in [3.05, 3.63) is 80.4 Å². The van der Waals surface area contributed by atoms with Crippen LogP contribution in [0.2, 0.25) is 0 Å². The van der Waals surface area contributed by atoms with Gasteiger partial charge in [0.15, 0.2) is 24.8 Å². The fraction of sp³-hybridized carbons (Fsp3) is 0.635. The van der Waals surface area contributed by atoms with Crippen molar-refractivity contribution in [3.63, 3.8) is 0 Å². The number of esters is 3. The van der Waals surface area contributed by atoms with Gasteiger partial charge in [0.05, 0.1) is 42.5 Å². The number of hydrogen-bond acceptors (Lipinski definition) is 18. The summed E-state index contributed by atoms with van der Waals surface area (Å²) >= 11 is 3.07. The van der Waals surface area contributed by atoms with Crippen LogP contribution in [0.25, 0.3) is 0 Å². The molecule has 0 saturated carbocycles. The molecule has 71 heavy (non-hydrogen) atoms. The zero-order chi connectivity index (χ0) is 53.2. The van der Waals surface area contributed by atoms with Crippen LogP contribution in [0.5, 0.6) is 11.5 Å². The van der Waals surface area contributed by atoms with Gasteiger partial charge >= 0.3 is 17.9 Å². The maximum Gasteiger partial charge on any atom is 0.342 e. The molecule has 0 bridgehead atoms. The Labute approximate surface area is 425 Å². The number of aliphatic hydroxyl groups is 5. The van der Waals surface area contributed by atoms with Crippen LogP contribution in [0, 0.1) is 11.8 Å². The van der Waals surface area contributed by atoms with Gasteiger partial charge in [-0.2, -0.15) is 0 Å². The van der Waals surface area contributed by atoms with Gasteiger partial charge in [0, 0.05) is 19.4 Å². The summed E-state index contributed by atoms with van der Waals surface area (Å²) in [4.78, 5) is 39.9. The van der Waals surface area contributed by atoms with Gasteiger partial charge in [-0.3, -0.25) is 4.79 Å². The Kier molecular flexibility index (Phi) is 22.1. The van der Waals surface area contributed by atoms with E-state index in [4.69, 9.17) is 37.9 Å². The van der Waals surface area contributed by atoms with E-state index in [0.29, 0.717) is 28.7 Å². The standard InChI is InChI=1S/C52H75BrO18/c1-13-31-23-35(56)38(53)39(57)37(31)49(63)68-44-30(9)66-51(45(64-12)42(44)60)65-24-33-17-15-16-18-34(55)27(6)22-32(14-2)43(28(7)21-26(5)19-20-36(29(8)54)67-48(33)62)69-50-41(59)40(58)46(52(10,11)71-50)70-47(61)25(3)4/h15-17,19,21-23,25,29-30,32,34,36,40-46,50-51,54-60H,13-14,18,20,24H2,1-12H3/b16-15+,26-19+,27-22+,28-21+,33-17+/t29?,30-,32?,34?,36?,40+,41-,42+,43?,44-,45+,46-,50?,51?/m0/s1. The third-order valence-corrected chi connectivity index (χ3v) is 13.7. The highest BCUT2D eigenvalue weighted by atomic mass is 79.9. The number of ether oxygens (including phenoxy) is 8. The van der Waals surface area contributed by atoms with E-state index in [0.717, 1.165) is 0 Å². The molecular weight excluding hydrogens is 992 g/mol. The number of rotatable bonds is 13. The van der Waals surface area contributed by atoms with E-state index in [1.54, 1.807) is 59.8 Å². The molecule has 18 nitrogen and oxygen atoms in total. The second-order valence-electron chi connectivity index (χ2n) is 19.3. The maximum absolute atomic E-state index is 13.9. The fourth-order valence-electron chi connectivity index (χ4n) is 8.53. The number of halogens is 1. The van der Waals surface area contributed by atoms with Crippen molar-refractivity contribution in [2.75, 3.05) is 13.7 Å². The largest absolute Gasteiger partial charge is 0.507 e. The lowest BCUT2D eigenvalue weighted by atomic mass is 9.88. The molecular formula is C52H75BrO18. The van der Waals surface area contributed by atoms with Crippen molar-refractivity contribution < 1.29 is 88.0 Å². The van der Waals surface area contributed by atoms with Gasteiger partial charge in [0.25, 0.3) is 0 Å². The molecule has 0 aromatic heterocycles. The average molecular weight is 1070 g/mol. The first-order valence-electron chi connectivity index (χ1n) is 24.1. The smallest absolute Gasteiger partial charge is 0.342 e. The Bertz CT molecular complexity index is 2160. The second kappa shape index (κ2) is 26.3. The minimum atomic E-state index is -1.60. The number of phenolic OH excluding ortho intramolecular Hbond substituents is 2. The third-order valence-electron chi connectivity index (χ3n) is 12.9. The van der Waals surface area contributed by atoms with Gasteiger partial charge in [0.2, 0.25) is 0 Å². The minimum absolute atomic E-state index is 0.0170. The molecule has 3 aliphatic rings. The highest BCUT2D eigenvalue weighted by molar-refractivity contribution is 9.10. The van der Waals surface area contributed by atoms with Crippen molar-refractivity contribution in [1.82, 2.24) is 0 Å². The van der Waals surface area contributed by atoms with Crippen LogP contribution in [0.1, 0.15) is 111 Å². The number of cyclic esters (lactones) is 1. The second-order valence-corrected chi connectivity index (χ2v) is 20.1.